The van der Waals surface area contributed by atoms with Gasteiger partial charge in [-0.3, -0.25) is 0 Å². The number of ether oxygens (including phenoxy) is 1. The Hall–Kier alpha value is -0.260. The van der Waals surface area contributed by atoms with Crippen LogP contribution >= 0.6 is 28.1 Å². The van der Waals surface area contributed by atoms with E-state index in [-0.39, 0.29) is 6.10 Å². The molecule has 0 aliphatic carbocycles. The van der Waals surface area contributed by atoms with Gasteiger partial charge in [0.15, 0.2) is 0 Å². The van der Waals surface area contributed by atoms with Gasteiger partial charge < -0.3 is 9.72 Å². The van der Waals surface area contributed by atoms with E-state index in [1.165, 1.54) is 0 Å². The molecule has 0 saturated carbocycles. The van der Waals surface area contributed by atoms with E-state index in [0.717, 1.165) is 22.4 Å². The van der Waals surface area contributed by atoms with Crippen LogP contribution in [0.1, 0.15) is 45.3 Å². The fraction of sp³-hybridized carbons (Fsp3) is 0.667. The molecule has 0 fully saturated rings. The highest BCUT2D eigenvalue weighted by Crippen LogP contribution is 2.25. The molecule has 0 saturated heterocycles. The number of rotatable bonds is 5. The standard InChI is InChI=1S/C12H19BrN2OS/c1-5-8-9(13)12(17)15-11(14-8)10(7(3)4)16-6-2/h7,10H,5-6H2,1-4H3,(H,14,15,17). The second-order valence-electron chi connectivity index (χ2n) is 4.19. The number of hydrogen-bond acceptors (Lipinski definition) is 3. The highest BCUT2D eigenvalue weighted by atomic mass is 79.9. The predicted molar refractivity (Wildman–Crippen MR) is 75.7 cm³/mol. The van der Waals surface area contributed by atoms with Crippen molar-refractivity contribution in [2.45, 2.75) is 40.2 Å². The van der Waals surface area contributed by atoms with Crippen molar-refractivity contribution in [3.8, 4) is 0 Å². The summed E-state index contributed by atoms with van der Waals surface area (Å²) in [7, 11) is 0. The molecule has 1 heterocycles. The third-order valence-electron chi connectivity index (χ3n) is 2.53. The number of hydrogen-bond donors (Lipinski definition) is 1. The van der Waals surface area contributed by atoms with Crippen molar-refractivity contribution >= 4 is 28.1 Å². The molecule has 0 bridgehead atoms. The predicted octanol–water partition coefficient (Wildman–Crippen LogP) is 4.20. The molecule has 17 heavy (non-hydrogen) atoms. The lowest BCUT2D eigenvalue weighted by molar-refractivity contribution is 0.0229. The molecule has 0 aliphatic heterocycles. The van der Waals surface area contributed by atoms with Crippen LogP contribution < -0.4 is 0 Å². The van der Waals surface area contributed by atoms with E-state index in [1.807, 2.05) is 6.92 Å². The summed E-state index contributed by atoms with van der Waals surface area (Å²) in [6, 6.07) is 0. The number of aromatic amines is 1. The van der Waals surface area contributed by atoms with Gasteiger partial charge in [0.1, 0.15) is 16.6 Å². The van der Waals surface area contributed by atoms with Gasteiger partial charge in [-0.2, -0.15) is 0 Å². The summed E-state index contributed by atoms with van der Waals surface area (Å²) in [5, 5.41) is 0. The molecule has 0 aliphatic rings. The Balaban J connectivity index is 3.20. The summed E-state index contributed by atoms with van der Waals surface area (Å²) in [6.45, 7) is 8.98. The fourth-order valence-electron chi connectivity index (χ4n) is 1.67. The Bertz CT molecular complexity index is 431. The summed E-state index contributed by atoms with van der Waals surface area (Å²) in [6.07, 6.45) is 0.858. The Morgan fingerprint density at radius 3 is 2.53 bits per heavy atom. The summed E-state index contributed by atoms with van der Waals surface area (Å²) < 4.78 is 7.21. The van der Waals surface area contributed by atoms with Crippen LogP contribution in [-0.2, 0) is 11.2 Å². The van der Waals surface area contributed by atoms with Gasteiger partial charge in [-0.1, -0.05) is 33.0 Å². The molecule has 1 rings (SSSR count). The van der Waals surface area contributed by atoms with Crippen LogP contribution in [-0.4, -0.2) is 16.6 Å². The Kier molecular flexibility index (Phi) is 5.76. The van der Waals surface area contributed by atoms with E-state index in [0.29, 0.717) is 17.2 Å². The number of aryl methyl sites for hydroxylation is 1. The fourth-order valence-corrected chi connectivity index (χ4v) is 2.36. The van der Waals surface area contributed by atoms with Gasteiger partial charge in [0.25, 0.3) is 0 Å². The van der Waals surface area contributed by atoms with E-state index in [2.05, 4.69) is 46.7 Å². The monoisotopic (exact) mass is 318 g/mol. The van der Waals surface area contributed by atoms with Crippen molar-refractivity contribution in [2.24, 2.45) is 5.92 Å². The Labute approximate surface area is 116 Å². The third kappa shape index (κ3) is 3.60. The van der Waals surface area contributed by atoms with Crippen LogP contribution in [0.2, 0.25) is 0 Å². The molecule has 96 valence electrons. The first-order valence-corrected chi connectivity index (χ1v) is 7.11. The maximum atomic E-state index is 5.73. The van der Waals surface area contributed by atoms with Crippen molar-refractivity contribution in [1.29, 1.82) is 0 Å². The van der Waals surface area contributed by atoms with E-state index >= 15 is 0 Å². The van der Waals surface area contributed by atoms with Gasteiger partial charge in [0.05, 0.1) is 4.47 Å². The lowest BCUT2D eigenvalue weighted by atomic mass is 10.1. The Morgan fingerprint density at radius 2 is 2.06 bits per heavy atom. The van der Waals surface area contributed by atoms with Crippen molar-refractivity contribution < 1.29 is 4.74 Å². The second kappa shape index (κ2) is 6.61. The van der Waals surface area contributed by atoms with E-state index < -0.39 is 0 Å². The minimum Gasteiger partial charge on any atom is -0.370 e. The van der Waals surface area contributed by atoms with Crippen LogP contribution in [0.5, 0.6) is 0 Å². The van der Waals surface area contributed by atoms with Gasteiger partial charge in [-0.05, 0) is 35.2 Å². The maximum absolute atomic E-state index is 5.73. The van der Waals surface area contributed by atoms with Crippen molar-refractivity contribution in [3.05, 3.63) is 20.6 Å². The molecular formula is C12H19BrN2OS. The lowest BCUT2D eigenvalue weighted by Crippen LogP contribution is -2.16. The average Bonchev–Trinajstić information content (AvgIpc) is 2.29. The third-order valence-corrected chi connectivity index (χ3v) is 3.94. The molecule has 0 aromatic carbocycles. The first kappa shape index (κ1) is 14.8. The summed E-state index contributed by atoms with van der Waals surface area (Å²) >= 11 is 8.71. The van der Waals surface area contributed by atoms with Gasteiger partial charge >= 0.3 is 0 Å². The van der Waals surface area contributed by atoms with Crippen LogP contribution in [0.15, 0.2) is 4.47 Å². The molecule has 3 nitrogen and oxygen atoms in total. The zero-order valence-corrected chi connectivity index (χ0v) is 13.1. The number of nitrogens with one attached hydrogen (secondary N) is 1. The van der Waals surface area contributed by atoms with Gasteiger partial charge in [0.2, 0.25) is 0 Å². The van der Waals surface area contributed by atoms with Crippen molar-refractivity contribution in [2.75, 3.05) is 6.61 Å². The molecule has 1 unspecified atom stereocenters. The van der Waals surface area contributed by atoms with Crippen LogP contribution in [0.25, 0.3) is 0 Å². The summed E-state index contributed by atoms with van der Waals surface area (Å²) in [4.78, 5) is 7.73. The van der Waals surface area contributed by atoms with Gasteiger partial charge in [-0.15, -0.1) is 0 Å². The smallest absolute Gasteiger partial charge is 0.144 e. The molecule has 5 heteroatoms. The van der Waals surface area contributed by atoms with E-state index in [9.17, 15) is 0 Å². The summed E-state index contributed by atoms with van der Waals surface area (Å²) in [5.74, 6) is 1.19. The van der Waals surface area contributed by atoms with Crippen molar-refractivity contribution in [1.82, 2.24) is 9.97 Å². The quantitative estimate of drug-likeness (QED) is 0.827. The van der Waals surface area contributed by atoms with Gasteiger partial charge in [0, 0.05) is 12.3 Å². The Morgan fingerprint density at radius 1 is 1.41 bits per heavy atom. The number of nitrogens with zero attached hydrogens (tertiary/aromatic N) is 1. The summed E-state index contributed by atoms with van der Waals surface area (Å²) in [5.41, 5.74) is 1.07. The zero-order chi connectivity index (χ0) is 13.0. The molecule has 1 atom stereocenters. The first-order chi connectivity index (χ1) is 8.01. The SMILES string of the molecule is CCOC(c1nc(=S)c(Br)c(CC)[nH]1)C(C)C. The largest absolute Gasteiger partial charge is 0.370 e. The second-order valence-corrected chi connectivity index (χ2v) is 5.37. The molecule has 1 aromatic rings. The zero-order valence-electron chi connectivity index (χ0n) is 10.7. The molecule has 0 radical (unpaired) electrons. The molecule has 1 N–H and O–H groups in total. The number of aromatic nitrogens is 2. The minimum atomic E-state index is -0.0277. The van der Waals surface area contributed by atoms with Crippen molar-refractivity contribution in [3.63, 3.8) is 0 Å². The number of halogens is 1. The highest BCUT2D eigenvalue weighted by Gasteiger charge is 2.19. The number of H-pyrrole nitrogens is 1. The highest BCUT2D eigenvalue weighted by molar-refractivity contribution is 9.10. The molecule has 0 amide bonds. The topological polar surface area (TPSA) is 37.9 Å². The normalized spacial score (nSPS) is 13.1. The first-order valence-electron chi connectivity index (χ1n) is 5.91. The van der Waals surface area contributed by atoms with Gasteiger partial charge in [-0.25, -0.2) is 4.98 Å². The minimum absolute atomic E-state index is 0.0277. The maximum Gasteiger partial charge on any atom is 0.144 e. The average molecular weight is 319 g/mol. The van der Waals surface area contributed by atoms with Crippen LogP contribution in [0, 0.1) is 10.6 Å². The van der Waals surface area contributed by atoms with E-state index in [1.54, 1.807) is 0 Å². The van der Waals surface area contributed by atoms with E-state index in [4.69, 9.17) is 17.0 Å². The molecule has 1 aromatic heterocycles. The molecule has 0 spiro atoms. The molecular weight excluding hydrogens is 300 g/mol. The van der Waals surface area contributed by atoms with Crippen LogP contribution in [0.4, 0.5) is 0 Å². The van der Waals surface area contributed by atoms with Crippen LogP contribution in [0.3, 0.4) is 0 Å². The lowest BCUT2D eigenvalue weighted by Gasteiger charge is -2.21.